The predicted octanol–water partition coefficient (Wildman–Crippen LogP) is 4.04. The van der Waals surface area contributed by atoms with Crippen LogP contribution in [0.15, 0.2) is 42.5 Å². The molecule has 0 radical (unpaired) electrons. The normalized spacial score (nSPS) is 16.1. The molecule has 9 heteroatoms. The van der Waals surface area contributed by atoms with Gasteiger partial charge in [-0.05, 0) is 43.2 Å². The number of nitro benzene ring substituents is 1. The van der Waals surface area contributed by atoms with Crippen molar-refractivity contribution in [2.75, 3.05) is 25.2 Å². The van der Waals surface area contributed by atoms with Gasteiger partial charge in [-0.15, -0.1) is 0 Å². The van der Waals surface area contributed by atoms with Crippen molar-refractivity contribution < 1.29 is 19.2 Å². The molecule has 0 saturated carbocycles. The van der Waals surface area contributed by atoms with Gasteiger partial charge in [0.05, 0.1) is 34.9 Å². The number of fused-ring (bicyclic) bond motifs is 1. The molecule has 3 aromatic rings. The highest BCUT2D eigenvalue weighted by molar-refractivity contribution is 7.22. The second kappa shape index (κ2) is 8.14. The number of hydrogen-bond acceptors (Lipinski definition) is 7. The molecule has 1 aliphatic rings. The molecule has 1 fully saturated rings. The van der Waals surface area contributed by atoms with Crippen LogP contribution in [0.3, 0.4) is 0 Å². The second-order valence-corrected chi connectivity index (χ2v) is 7.69. The second-order valence-electron chi connectivity index (χ2n) is 6.68. The molecular weight excluding hydrogens is 394 g/mol. The molecule has 4 rings (SSSR count). The number of benzene rings is 2. The van der Waals surface area contributed by atoms with Gasteiger partial charge in [0.25, 0.3) is 11.6 Å². The van der Waals surface area contributed by atoms with E-state index in [1.807, 2.05) is 18.2 Å². The summed E-state index contributed by atoms with van der Waals surface area (Å²) >= 11 is 1.40. The van der Waals surface area contributed by atoms with Crippen molar-refractivity contribution in [2.45, 2.75) is 18.9 Å². The topological polar surface area (TPSA) is 94.8 Å². The molecule has 1 atom stereocenters. The number of ether oxygens (including phenoxy) is 2. The first-order chi connectivity index (χ1) is 14.0. The van der Waals surface area contributed by atoms with E-state index in [-0.39, 0.29) is 17.7 Å². The lowest BCUT2D eigenvalue weighted by Crippen LogP contribution is -2.37. The highest BCUT2D eigenvalue weighted by atomic mass is 32.1. The van der Waals surface area contributed by atoms with Gasteiger partial charge in [-0.1, -0.05) is 11.3 Å². The molecule has 150 valence electrons. The largest absolute Gasteiger partial charge is 0.497 e. The molecule has 1 amide bonds. The number of hydrogen-bond donors (Lipinski definition) is 0. The average Bonchev–Trinajstić information content (AvgIpc) is 3.40. The summed E-state index contributed by atoms with van der Waals surface area (Å²) in [4.78, 5) is 29.9. The van der Waals surface area contributed by atoms with Gasteiger partial charge >= 0.3 is 0 Å². The fourth-order valence-corrected chi connectivity index (χ4v) is 4.26. The number of carbonyl (C=O) groups excluding carboxylic acids is 1. The number of carbonyl (C=O) groups is 1. The maximum atomic E-state index is 13.3. The van der Waals surface area contributed by atoms with Gasteiger partial charge in [0.1, 0.15) is 5.75 Å². The Kier molecular flexibility index (Phi) is 5.41. The number of rotatable bonds is 6. The summed E-state index contributed by atoms with van der Waals surface area (Å²) in [5.41, 5.74) is 1.09. The number of nitro groups is 1. The van der Waals surface area contributed by atoms with E-state index < -0.39 is 4.92 Å². The third-order valence-corrected chi connectivity index (χ3v) is 5.84. The minimum Gasteiger partial charge on any atom is -0.497 e. The van der Waals surface area contributed by atoms with Crippen LogP contribution in [0.4, 0.5) is 10.8 Å². The molecule has 0 spiro atoms. The Morgan fingerprint density at radius 1 is 1.34 bits per heavy atom. The van der Waals surface area contributed by atoms with Crippen molar-refractivity contribution in [3.05, 3.63) is 58.1 Å². The lowest BCUT2D eigenvalue weighted by atomic mass is 10.1. The smallest absolute Gasteiger partial charge is 0.269 e. The average molecular weight is 413 g/mol. The van der Waals surface area contributed by atoms with Crippen molar-refractivity contribution >= 4 is 38.3 Å². The van der Waals surface area contributed by atoms with E-state index in [9.17, 15) is 14.9 Å². The van der Waals surface area contributed by atoms with Gasteiger partial charge in [0, 0.05) is 24.3 Å². The van der Waals surface area contributed by atoms with E-state index in [2.05, 4.69) is 4.98 Å². The van der Waals surface area contributed by atoms with E-state index in [1.54, 1.807) is 12.0 Å². The number of amides is 1. The Labute approximate surface area is 170 Å². The summed E-state index contributed by atoms with van der Waals surface area (Å²) in [6.45, 7) is 1.06. The van der Waals surface area contributed by atoms with Gasteiger partial charge < -0.3 is 9.47 Å². The van der Waals surface area contributed by atoms with Crippen molar-refractivity contribution in [3.8, 4) is 5.75 Å². The van der Waals surface area contributed by atoms with Gasteiger partial charge in [-0.2, -0.15) is 0 Å². The number of thiazole rings is 1. The Balaban J connectivity index is 1.68. The minimum absolute atomic E-state index is 0.0562. The van der Waals surface area contributed by atoms with Crippen LogP contribution >= 0.6 is 11.3 Å². The van der Waals surface area contributed by atoms with Crippen LogP contribution in [-0.2, 0) is 4.74 Å². The molecule has 1 unspecified atom stereocenters. The Hall–Kier alpha value is -3.04. The molecule has 1 aliphatic heterocycles. The zero-order valence-electron chi connectivity index (χ0n) is 15.7. The summed E-state index contributed by atoms with van der Waals surface area (Å²) in [5, 5.41) is 11.5. The number of non-ortho nitro benzene ring substituents is 1. The first-order valence-corrected chi connectivity index (χ1v) is 9.99. The molecule has 1 aromatic heterocycles. The molecule has 0 aliphatic carbocycles. The van der Waals surface area contributed by atoms with Gasteiger partial charge in [0.15, 0.2) is 5.13 Å². The minimum atomic E-state index is -0.487. The quantitative estimate of drug-likeness (QED) is 0.447. The molecule has 2 heterocycles. The van der Waals surface area contributed by atoms with Gasteiger partial charge in [-0.3, -0.25) is 19.8 Å². The maximum Gasteiger partial charge on any atom is 0.269 e. The number of aromatic nitrogens is 1. The predicted molar refractivity (Wildman–Crippen MR) is 110 cm³/mol. The third-order valence-electron chi connectivity index (χ3n) is 4.80. The first kappa shape index (κ1) is 19.3. The molecule has 1 saturated heterocycles. The Morgan fingerprint density at radius 3 is 2.79 bits per heavy atom. The van der Waals surface area contributed by atoms with Crippen LogP contribution in [0.2, 0.25) is 0 Å². The Morgan fingerprint density at radius 2 is 2.14 bits per heavy atom. The monoisotopic (exact) mass is 413 g/mol. The zero-order valence-corrected chi connectivity index (χ0v) is 16.6. The molecule has 29 heavy (non-hydrogen) atoms. The number of methoxy groups -OCH3 is 1. The fraction of sp³-hybridized carbons (Fsp3) is 0.300. The van der Waals surface area contributed by atoms with Crippen LogP contribution in [-0.4, -0.2) is 42.2 Å². The molecule has 0 N–H and O–H groups in total. The first-order valence-electron chi connectivity index (χ1n) is 9.17. The van der Waals surface area contributed by atoms with Crippen molar-refractivity contribution in [3.63, 3.8) is 0 Å². The highest BCUT2D eigenvalue weighted by Crippen LogP contribution is 2.33. The molecule has 2 aromatic carbocycles. The van der Waals surface area contributed by atoms with Crippen LogP contribution in [0.25, 0.3) is 10.2 Å². The number of nitrogens with zero attached hydrogens (tertiary/aromatic N) is 3. The number of anilines is 1. The lowest BCUT2D eigenvalue weighted by Gasteiger charge is -2.23. The zero-order chi connectivity index (χ0) is 20.4. The summed E-state index contributed by atoms with van der Waals surface area (Å²) in [5.74, 6) is 0.460. The van der Waals surface area contributed by atoms with Gasteiger partial charge in [0.2, 0.25) is 0 Å². The van der Waals surface area contributed by atoms with Crippen LogP contribution < -0.4 is 9.64 Å². The van der Waals surface area contributed by atoms with E-state index in [1.165, 1.54) is 35.6 Å². The van der Waals surface area contributed by atoms with Crippen molar-refractivity contribution in [1.82, 2.24) is 4.98 Å². The lowest BCUT2D eigenvalue weighted by molar-refractivity contribution is -0.384. The highest BCUT2D eigenvalue weighted by Gasteiger charge is 2.27. The van der Waals surface area contributed by atoms with E-state index in [0.717, 1.165) is 28.8 Å². The van der Waals surface area contributed by atoms with E-state index >= 15 is 0 Å². The summed E-state index contributed by atoms with van der Waals surface area (Å²) < 4.78 is 11.9. The summed E-state index contributed by atoms with van der Waals surface area (Å²) in [6.07, 6.45) is 1.78. The van der Waals surface area contributed by atoms with E-state index in [4.69, 9.17) is 9.47 Å². The molecule has 8 nitrogen and oxygen atoms in total. The Bertz CT molecular complexity index is 1040. The van der Waals surface area contributed by atoms with Crippen LogP contribution in [0.5, 0.6) is 5.75 Å². The summed E-state index contributed by atoms with van der Waals surface area (Å²) in [6, 6.07) is 11.2. The molecular formula is C20H19N3O5S. The third kappa shape index (κ3) is 4.06. The fourth-order valence-electron chi connectivity index (χ4n) is 3.26. The van der Waals surface area contributed by atoms with Gasteiger partial charge in [-0.25, -0.2) is 4.98 Å². The van der Waals surface area contributed by atoms with E-state index in [0.29, 0.717) is 23.8 Å². The van der Waals surface area contributed by atoms with Crippen LogP contribution in [0, 0.1) is 10.1 Å². The standard InChI is InChI=1S/C20H19N3O5S/c1-27-15-8-9-17-18(11-15)29-20(21-17)22(12-16-3-2-10-28-16)19(24)13-4-6-14(7-5-13)23(25)26/h4-9,11,16H,2-3,10,12H2,1H3. The summed E-state index contributed by atoms with van der Waals surface area (Å²) in [7, 11) is 1.60. The van der Waals surface area contributed by atoms with Crippen molar-refractivity contribution in [1.29, 1.82) is 0 Å². The van der Waals surface area contributed by atoms with Crippen LogP contribution in [0.1, 0.15) is 23.2 Å². The molecule has 0 bridgehead atoms. The maximum absolute atomic E-state index is 13.3. The SMILES string of the molecule is COc1ccc2nc(N(CC3CCCO3)C(=O)c3ccc([N+](=O)[O-])cc3)sc2c1. The van der Waals surface area contributed by atoms with Crippen molar-refractivity contribution in [2.24, 2.45) is 0 Å².